The number of aromatic nitrogens is 1. The Kier molecular flexibility index (Phi) is 4.29. The van der Waals surface area contributed by atoms with E-state index in [1.165, 1.54) is 6.07 Å². The first-order valence-corrected chi connectivity index (χ1v) is 8.79. The lowest BCUT2D eigenvalue weighted by atomic mass is 9.89. The van der Waals surface area contributed by atoms with Gasteiger partial charge in [-0.05, 0) is 31.0 Å². The molecular formula is C21H19FN2O2. The normalized spacial score (nSPS) is 15.3. The van der Waals surface area contributed by atoms with Gasteiger partial charge in [0.1, 0.15) is 11.5 Å². The van der Waals surface area contributed by atoms with E-state index in [-0.39, 0.29) is 23.4 Å². The molecule has 5 heteroatoms. The van der Waals surface area contributed by atoms with E-state index < -0.39 is 0 Å². The van der Waals surface area contributed by atoms with E-state index in [2.05, 4.69) is 4.98 Å². The Morgan fingerprint density at radius 3 is 2.42 bits per heavy atom. The standard InChI is InChI=1S/C21H19FN2O2/c22-17-7-4-8-18-16(17)13-19(23-18)21(26)24-11-9-15(10-12-24)20(25)14-5-2-1-3-6-14/h1-8,13,15,23H,9-12H2. The molecule has 1 aliphatic rings. The number of carbonyl (C=O) groups excluding carboxylic acids is 2. The second kappa shape index (κ2) is 6.75. The van der Waals surface area contributed by atoms with Crippen LogP contribution >= 0.6 is 0 Å². The SMILES string of the molecule is O=C(c1ccccc1)C1CCN(C(=O)c2cc3c(F)cccc3[nH]2)CC1. The van der Waals surface area contributed by atoms with E-state index in [1.54, 1.807) is 23.1 Å². The van der Waals surface area contributed by atoms with Crippen LogP contribution in [0.5, 0.6) is 0 Å². The molecule has 0 spiro atoms. The summed E-state index contributed by atoms with van der Waals surface area (Å²) in [7, 11) is 0. The summed E-state index contributed by atoms with van der Waals surface area (Å²) in [5.74, 6) is -0.400. The van der Waals surface area contributed by atoms with Gasteiger partial charge in [-0.2, -0.15) is 0 Å². The number of benzene rings is 2. The quantitative estimate of drug-likeness (QED) is 0.725. The summed E-state index contributed by atoms with van der Waals surface area (Å²) in [6, 6.07) is 15.6. The number of hydrogen-bond acceptors (Lipinski definition) is 2. The molecule has 0 radical (unpaired) electrons. The summed E-state index contributed by atoms with van der Waals surface area (Å²) in [4.78, 5) is 30.0. The monoisotopic (exact) mass is 350 g/mol. The van der Waals surface area contributed by atoms with Crippen LogP contribution in [-0.2, 0) is 0 Å². The molecule has 0 bridgehead atoms. The van der Waals surface area contributed by atoms with Crippen LogP contribution < -0.4 is 0 Å². The van der Waals surface area contributed by atoms with Crippen LogP contribution in [0.3, 0.4) is 0 Å². The minimum Gasteiger partial charge on any atom is -0.350 e. The minimum absolute atomic E-state index is 0.0541. The third-order valence-electron chi connectivity index (χ3n) is 5.05. The zero-order chi connectivity index (χ0) is 18.1. The van der Waals surface area contributed by atoms with E-state index >= 15 is 0 Å². The smallest absolute Gasteiger partial charge is 0.270 e. The van der Waals surface area contributed by atoms with Crippen molar-refractivity contribution in [2.45, 2.75) is 12.8 Å². The number of rotatable bonds is 3. The summed E-state index contributed by atoms with van der Waals surface area (Å²) in [6.45, 7) is 1.06. The molecule has 0 saturated carbocycles. The number of likely N-dealkylation sites (tertiary alicyclic amines) is 1. The fraction of sp³-hybridized carbons (Fsp3) is 0.238. The number of halogens is 1. The highest BCUT2D eigenvalue weighted by molar-refractivity contribution is 5.99. The molecule has 2 heterocycles. The summed E-state index contributed by atoms with van der Waals surface area (Å²) in [5.41, 5.74) is 1.73. The fourth-order valence-electron chi connectivity index (χ4n) is 3.59. The van der Waals surface area contributed by atoms with Crippen molar-refractivity contribution in [1.29, 1.82) is 0 Å². The Morgan fingerprint density at radius 2 is 1.73 bits per heavy atom. The molecule has 1 N–H and O–H groups in total. The molecule has 4 rings (SSSR count). The maximum atomic E-state index is 13.8. The van der Waals surface area contributed by atoms with Gasteiger partial charge >= 0.3 is 0 Å². The van der Waals surface area contributed by atoms with Gasteiger partial charge in [-0.1, -0.05) is 36.4 Å². The highest BCUT2D eigenvalue weighted by Gasteiger charge is 2.29. The van der Waals surface area contributed by atoms with E-state index in [0.717, 1.165) is 5.56 Å². The van der Waals surface area contributed by atoms with Crippen molar-refractivity contribution in [1.82, 2.24) is 9.88 Å². The lowest BCUT2D eigenvalue weighted by Crippen LogP contribution is -2.40. The topological polar surface area (TPSA) is 53.2 Å². The number of nitrogens with one attached hydrogen (secondary N) is 1. The van der Waals surface area contributed by atoms with Crippen molar-refractivity contribution in [2.75, 3.05) is 13.1 Å². The third-order valence-corrected chi connectivity index (χ3v) is 5.05. The maximum absolute atomic E-state index is 13.8. The maximum Gasteiger partial charge on any atom is 0.270 e. The van der Waals surface area contributed by atoms with E-state index in [4.69, 9.17) is 0 Å². The lowest BCUT2D eigenvalue weighted by molar-refractivity contribution is 0.0646. The summed E-state index contributed by atoms with van der Waals surface area (Å²) in [6.07, 6.45) is 1.29. The largest absolute Gasteiger partial charge is 0.350 e. The zero-order valence-electron chi connectivity index (χ0n) is 14.2. The molecule has 2 aromatic carbocycles. The Hall–Kier alpha value is -2.95. The van der Waals surface area contributed by atoms with Crippen LogP contribution in [0.1, 0.15) is 33.7 Å². The lowest BCUT2D eigenvalue weighted by Gasteiger charge is -2.31. The highest BCUT2D eigenvalue weighted by atomic mass is 19.1. The number of hydrogen-bond donors (Lipinski definition) is 1. The second-order valence-corrected chi connectivity index (χ2v) is 6.68. The van der Waals surface area contributed by atoms with Crippen molar-refractivity contribution in [3.05, 3.63) is 71.7 Å². The van der Waals surface area contributed by atoms with Gasteiger partial charge in [0.2, 0.25) is 0 Å². The van der Waals surface area contributed by atoms with Gasteiger partial charge in [0.15, 0.2) is 5.78 Å². The number of piperidine rings is 1. The molecule has 132 valence electrons. The molecule has 4 nitrogen and oxygen atoms in total. The first-order valence-electron chi connectivity index (χ1n) is 8.79. The number of carbonyl (C=O) groups is 2. The van der Waals surface area contributed by atoms with Crippen LogP contribution in [0, 0.1) is 11.7 Å². The summed E-state index contributed by atoms with van der Waals surface area (Å²) >= 11 is 0. The van der Waals surface area contributed by atoms with Crippen molar-refractivity contribution in [3.8, 4) is 0 Å². The average Bonchev–Trinajstić information content (AvgIpc) is 3.13. The van der Waals surface area contributed by atoms with Crippen LogP contribution in [0.15, 0.2) is 54.6 Å². The Morgan fingerprint density at radius 1 is 1.00 bits per heavy atom. The molecular weight excluding hydrogens is 331 g/mol. The van der Waals surface area contributed by atoms with Gasteiger partial charge in [0.05, 0.1) is 0 Å². The average molecular weight is 350 g/mol. The molecule has 0 unspecified atom stereocenters. The third kappa shape index (κ3) is 3.01. The first-order chi connectivity index (χ1) is 12.6. The first kappa shape index (κ1) is 16.5. The van der Waals surface area contributed by atoms with Gasteiger partial charge in [-0.3, -0.25) is 9.59 Å². The number of H-pyrrole nitrogens is 1. The number of ketones is 1. The number of Topliss-reactive ketones (excluding diaryl/α,β-unsaturated/α-hetero) is 1. The molecule has 1 amide bonds. The zero-order valence-corrected chi connectivity index (χ0v) is 14.2. The van der Waals surface area contributed by atoms with E-state index in [0.29, 0.717) is 42.5 Å². The summed E-state index contributed by atoms with van der Waals surface area (Å²) < 4.78 is 13.8. The van der Waals surface area contributed by atoms with Crippen molar-refractivity contribution >= 4 is 22.6 Å². The number of nitrogens with zero attached hydrogens (tertiary/aromatic N) is 1. The molecule has 0 aliphatic carbocycles. The van der Waals surface area contributed by atoms with Crippen LogP contribution in [-0.4, -0.2) is 34.7 Å². The molecule has 3 aromatic rings. The number of amides is 1. The van der Waals surface area contributed by atoms with Gasteiger partial charge in [-0.25, -0.2) is 4.39 Å². The van der Waals surface area contributed by atoms with Gasteiger partial charge < -0.3 is 9.88 Å². The number of fused-ring (bicyclic) bond motifs is 1. The van der Waals surface area contributed by atoms with E-state index in [1.807, 2.05) is 30.3 Å². The van der Waals surface area contributed by atoms with Crippen LogP contribution in [0.4, 0.5) is 4.39 Å². The predicted molar refractivity (Wildman–Crippen MR) is 97.7 cm³/mol. The molecule has 0 atom stereocenters. The van der Waals surface area contributed by atoms with Gasteiger partial charge in [0, 0.05) is 35.5 Å². The van der Waals surface area contributed by atoms with Crippen molar-refractivity contribution < 1.29 is 14.0 Å². The fourth-order valence-corrected chi connectivity index (χ4v) is 3.59. The Balaban J connectivity index is 1.44. The minimum atomic E-state index is -0.343. The molecule has 26 heavy (non-hydrogen) atoms. The Bertz CT molecular complexity index is 957. The highest BCUT2D eigenvalue weighted by Crippen LogP contribution is 2.24. The van der Waals surface area contributed by atoms with Crippen molar-refractivity contribution in [3.63, 3.8) is 0 Å². The van der Waals surface area contributed by atoms with E-state index in [9.17, 15) is 14.0 Å². The number of aromatic amines is 1. The molecule has 1 saturated heterocycles. The second-order valence-electron chi connectivity index (χ2n) is 6.68. The van der Waals surface area contributed by atoms with Crippen molar-refractivity contribution in [2.24, 2.45) is 5.92 Å². The molecule has 1 fully saturated rings. The van der Waals surface area contributed by atoms with Crippen LogP contribution in [0.25, 0.3) is 10.9 Å². The Labute approximate surface area is 150 Å². The molecule has 1 aromatic heterocycles. The predicted octanol–water partition coefficient (Wildman–Crippen LogP) is 4.04. The molecule has 1 aliphatic heterocycles. The van der Waals surface area contributed by atoms with Gasteiger partial charge in [0.25, 0.3) is 5.91 Å². The summed E-state index contributed by atoms with van der Waals surface area (Å²) in [5, 5.41) is 0.421. The van der Waals surface area contributed by atoms with Crippen LogP contribution in [0.2, 0.25) is 0 Å². The van der Waals surface area contributed by atoms with Gasteiger partial charge in [-0.15, -0.1) is 0 Å².